The van der Waals surface area contributed by atoms with E-state index in [9.17, 15) is 0 Å². The van der Waals surface area contributed by atoms with Crippen molar-refractivity contribution in [2.45, 2.75) is 38.9 Å². The molecule has 0 N–H and O–H groups in total. The van der Waals surface area contributed by atoms with Crippen LogP contribution < -0.4 is 5.19 Å². The maximum Gasteiger partial charge on any atom is 0.164 e. The van der Waals surface area contributed by atoms with Crippen LogP contribution in [0, 0.1) is 0 Å². The Hall–Kier alpha value is -4.67. The van der Waals surface area contributed by atoms with Gasteiger partial charge in [-0.3, -0.25) is 0 Å². The van der Waals surface area contributed by atoms with Crippen molar-refractivity contribution in [1.29, 1.82) is 0 Å². The molecule has 0 fully saturated rings. The lowest BCUT2D eigenvalue weighted by Crippen LogP contribution is -2.45. The first-order chi connectivity index (χ1) is 21.1. The third kappa shape index (κ3) is 5.97. The van der Waals surface area contributed by atoms with Gasteiger partial charge < -0.3 is 0 Å². The molecule has 0 unspecified atom stereocenters. The fourth-order valence-corrected chi connectivity index (χ4v) is 9.63. The Morgan fingerprint density at radius 3 is 1.21 bits per heavy atom. The minimum Gasteiger partial charge on any atom is -0.208 e. The van der Waals surface area contributed by atoms with Crippen LogP contribution in [0.3, 0.4) is 0 Å². The third-order valence-corrected chi connectivity index (χ3v) is 14.5. The van der Waals surface area contributed by atoms with E-state index in [1.165, 1.54) is 34.8 Å². The first-order valence-electron chi connectivity index (χ1n) is 15.3. The van der Waals surface area contributed by atoms with E-state index >= 15 is 0 Å². The van der Waals surface area contributed by atoms with Gasteiger partial charge in [-0.1, -0.05) is 165 Å². The Bertz CT molecular complexity index is 1750. The van der Waals surface area contributed by atoms with Gasteiger partial charge >= 0.3 is 0 Å². The minimum atomic E-state index is -1.39. The molecule has 6 rings (SSSR count). The fraction of sp³-hybridized carbons (Fsp3) is 0.154. The molecule has 0 saturated heterocycles. The van der Waals surface area contributed by atoms with Crippen LogP contribution in [0.25, 0.3) is 56.4 Å². The number of aromatic nitrogens is 3. The van der Waals surface area contributed by atoms with Crippen LogP contribution >= 0.6 is 0 Å². The van der Waals surface area contributed by atoms with Crippen LogP contribution in [0.2, 0.25) is 18.1 Å². The highest BCUT2D eigenvalue weighted by Crippen LogP contribution is 2.31. The van der Waals surface area contributed by atoms with Gasteiger partial charge in [0, 0.05) is 16.7 Å². The summed E-state index contributed by atoms with van der Waals surface area (Å²) in [5.41, 5.74) is 7.68. The zero-order chi connectivity index (χ0) is 29.6. The summed E-state index contributed by atoms with van der Waals surface area (Å²) in [6.45, 7) is 7.10. The molecule has 4 heteroatoms. The molecule has 5 aromatic carbocycles. The number of hydrogen-bond acceptors (Lipinski definition) is 3. The van der Waals surface area contributed by atoms with E-state index < -0.39 is 8.07 Å². The molecule has 1 heterocycles. The second kappa shape index (κ2) is 12.7. The molecule has 0 spiro atoms. The zero-order valence-corrected chi connectivity index (χ0v) is 26.2. The molecular formula is C39H37N3Si. The van der Waals surface area contributed by atoms with E-state index in [-0.39, 0.29) is 0 Å². The lowest BCUT2D eigenvalue weighted by molar-refractivity contribution is 1.07. The van der Waals surface area contributed by atoms with Crippen molar-refractivity contribution < 1.29 is 0 Å². The van der Waals surface area contributed by atoms with Gasteiger partial charge in [0.05, 0.1) is 8.07 Å². The topological polar surface area (TPSA) is 38.7 Å². The largest absolute Gasteiger partial charge is 0.208 e. The molecule has 1 aromatic heterocycles. The smallest absolute Gasteiger partial charge is 0.164 e. The van der Waals surface area contributed by atoms with Crippen molar-refractivity contribution in [1.82, 2.24) is 15.0 Å². The maximum atomic E-state index is 4.93. The molecule has 43 heavy (non-hydrogen) atoms. The quantitative estimate of drug-likeness (QED) is 0.161. The van der Waals surface area contributed by atoms with E-state index in [0.717, 1.165) is 22.3 Å². The molecule has 0 amide bonds. The molecule has 0 aliphatic heterocycles. The number of benzene rings is 5. The van der Waals surface area contributed by atoms with Crippen LogP contribution in [-0.4, -0.2) is 23.0 Å². The summed E-state index contributed by atoms with van der Waals surface area (Å²) in [6.07, 6.45) is 0. The summed E-state index contributed by atoms with van der Waals surface area (Å²) in [7, 11) is -1.39. The van der Waals surface area contributed by atoms with Crippen molar-refractivity contribution in [3.05, 3.63) is 133 Å². The predicted octanol–water partition coefficient (Wildman–Crippen LogP) is 9.92. The van der Waals surface area contributed by atoms with Crippen molar-refractivity contribution >= 4 is 13.3 Å². The molecule has 6 aromatic rings. The predicted molar refractivity (Wildman–Crippen MR) is 184 cm³/mol. The average Bonchev–Trinajstić information content (AvgIpc) is 3.10. The highest BCUT2D eigenvalue weighted by atomic mass is 28.3. The van der Waals surface area contributed by atoms with Gasteiger partial charge in [0.15, 0.2) is 17.5 Å². The summed E-state index contributed by atoms with van der Waals surface area (Å²) < 4.78 is 0. The van der Waals surface area contributed by atoms with Crippen LogP contribution in [0.15, 0.2) is 133 Å². The lowest BCUT2D eigenvalue weighted by Gasteiger charge is -2.28. The van der Waals surface area contributed by atoms with Gasteiger partial charge in [0.25, 0.3) is 0 Å². The highest BCUT2D eigenvalue weighted by molar-refractivity contribution is 6.91. The van der Waals surface area contributed by atoms with E-state index in [1.54, 1.807) is 5.19 Å². The van der Waals surface area contributed by atoms with E-state index in [0.29, 0.717) is 17.5 Å². The standard InChI is InChI=1S/C39H37N3Si/c1-4-43(5-2,6-3)36-25-23-29(24-26-36)32-19-13-20-33(27-32)34-21-14-22-35(28-34)39-41-37(30-15-9-7-10-16-30)40-38(42-39)31-17-11-8-12-18-31/h7-28H,4-6H2,1-3H3. The van der Waals surface area contributed by atoms with E-state index in [2.05, 4.69) is 93.6 Å². The Morgan fingerprint density at radius 2 is 0.744 bits per heavy atom. The van der Waals surface area contributed by atoms with Gasteiger partial charge in [0.1, 0.15) is 0 Å². The Morgan fingerprint density at radius 1 is 0.372 bits per heavy atom. The van der Waals surface area contributed by atoms with Crippen LogP contribution in [0.1, 0.15) is 20.8 Å². The van der Waals surface area contributed by atoms with E-state index in [4.69, 9.17) is 15.0 Å². The zero-order valence-electron chi connectivity index (χ0n) is 25.2. The molecule has 3 nitrogen and oxygen atoms in total. The Kier molecular flexibility index (Phi) is 8.39. The van der Waals surface area contributed by atoms with E-state index in [1.807, 2.05) is 60.7 Å². The summed E-state index contributed by atoms with van der Waals surface area (Å²) in [5.74, 6) is 2.00. The van der Waals surface area contributed by atoms with Gasteiger partial charge in [-0.25, -0.2) is 15.0 Å². The van der Waals surface area contributed by atoms with Crippen LogP contribution in [0.4, 0.5) is 0 Å². The number of nitrogens with zero attached hydrogens (tertiary/aromatic N) is 3. The Labute approximate surface area is 256 Å². The second-order valence-corrected chi connectivity index (χ2v) is 16.4. The van der Waals surface area contributed by atoms with Crippen molar-refractivity contribution in [3.8, 4) is 56.4 Å². The maximum absolute atomic E-state index is 4.93. The monoisotopic (exact) mass is 575 g/mol. The third-order valence-electron chi connectivity index (χ3n) is 8.88. The number of rotatable bonds is 9. The highest BCUT2D eigenvalue weighted by Gasteiger charge is 2.28. The summed E-state index contributed by atoms with van der Waals surface area (Å²) in [6, 6.07) is 50.9. The molecule has 0 bridgehead atoms. The average molecular weight is 576 g/mol. The molecular weight excluding hydrogens is 539 g/mol. The van der Waals surface area contributed by atoms with Gasteiger partial charge in [0.2, 0.25) is 0 Å². The SMILES string of the molecule is CC[Si](CC)(CC)c1ccc(-c2cccc(-c3cccc(-c4nc(-c5ccccc5)nc(-c5ccccc5)n4)c3)c2)cc1. The number of hydrogen-bond donors (Lipinski definition) is 0. The molecule has 0 atom stereocenters. The molecule has 212 valence electrons. The van der Waals surface area contributed by atoms with Gasteiger partial charge in [-0.05, 0) is 34.4 Å². The first-order valence-corrected chi connectivity index (χ1v) is 17.9. The molecule has 0 radical (unpaired) electrons. The summed E-state index contributed by atoms with van der Waals surface area (Å²) in [5, 5.41) is 1.58. The van der Waals surface area contributed by atoms with Crippen LogP contribution in [-0.2, 0) is 0 Å². The van der Waals surface area contributed by atoms with Crippen molar-refractivity contribution in [2.75, 3.05) is 0 Å². The normalized spacial score (nSPS) is 11.4. The fourth-order valence-electron chi connectivity index (χ4n) is 6.03. The lowest BCUT2D eigenvalue weighted by atomic mass is 9.98. The van der Waals surface area contributed by atoms with Gasteiger partial charge in [-0.2, -0.15) is 0 Å². The van der Waals surface area contributed by atoms with Crippen LogP contribution in [0.5, 0.6) is 0 Å². The molecule has 0 aliphatic rings. The summed E-state index contributed by atoms with van der Waals surface area (Å²) in [4.78, 5) is 14.7. The second-order valence-electron chi connectivity index (χ2n) is 11.1. The minimum absolute atomic E-state index is 0.664. The van der Waals surface area contributed by atoms with Crippen molar-refractivity contribution in [3.63, 3.8) is 0 Å². The molecule has 0 saturated carbocycles. The Balaban J connectivity index is 1.36. The molecule has 0 aliphatic carbocycles. The van der Waals surface area contributed by atoms with Gasteiger partial charge in [-0.15, -0.1) is 0 Å². The summed E-state index contributed by atoms with van der Waals surface area (Å²) >= 11 is 0. The van der Waals surface area contributed by atoms with Crippen molar-refractivity contribution in [2.24, 2.45) is 0 Å². The first kappa shape index (κ1) is 28.4.